The summed E-state index contributed by atoms with van der Waals surface area (Å²) in [4.78, 5) is 6.49. The molecule has 0 aliphatic carbocycles. The molecule has 0 aromatic carbocycles. The van der Waals surface area contributed by atoms with Gasteiger partial charge in [-0.15, -0.1) is 0 Å². The molecule has 0 bridgehead atoms. The SMILES string of the molecule is COCCN(CCO)c1ccc(CNCC(C)C)cn1. The predicted molar refractivity (Wildman–Crippen MR) is 82.0 cm³/mol. The first-order valence-corrected chi connectivity index (χ1v) is 7.17. The summed E-state index contributed by atoms with van der Waals surface area (Å²) >= 11 is 0. The molecule has 0 unspecified atom stereocenters. The first-order chi connectivity index (χ1) is 9.67. The van der Waals surface area contributed by atoms with Crippen molar-refractivity contribution in [3.63, 3.8) is 0 Å². The zero-order valence-electron chi connectivity index (χ0n) is 12.8. The minimum Gasteiger partial charge on any atom is -0.395 e. The van der Waals surface area contributed by atoms with Crippen molar-refractivity contribution < 1.29 is 9.84 Å². The van der Waals surface area contributed by atoms with Crippen LogP contribution in [0.2, 0.25) is 0 Å². The van der Waals surface area contributed by atoms with E-state index in [0.29, 0.717) is 19.1 Å². The number of aliphatic hydroxyl groups is 1. The van der Waals surface area contributed by atoms with Crippen molar-refractivity contribution in [1.82, 2.24) is 10.3 Å². The molecule has 0 aliphatic heterocycles. The van der Waals surface area contributed by atoms with Crippen LogP contribution in [0.1, 0.15) is 19.4 Å². The third-order valence-corrected chi connectivity index (χ3v) is 2.95. The molecular weight excluding hydrogens is 254 g/mol. The van der Waals surface area contributed by atoms with Gasteiger partial charge in [0.05, 0.1) is 13.2 Å². The fourth-order valence-corrected chi connectivity index (χ4v) is 1.88. The predicted octanol–water partition coefficient (Wildman–Crippen LogP) is 1.27. The molecule has 5 nitrogen and oxygen atoms in total. The van der Waals surface area contributed by atoms with Gasteiger partial charge in [-0.1, -0.05) is 19.9 Å². The Bertz CT molecular complexity index is 355. The second kappa shape index (κ2) is 9.69. The molecule has 0 saturated heterocycles. The maximum Gasteiger partial charge on any atom is 0.128 e. The lowest BCUT2D eigenvalue weighted by Crippen LogP contribution is -2.30. The van der Waals surface area contributed by atoms with Gasteiger partial charge in [-0.25, -0.2) is 4.98 Å². The van der Waals surface area contributed by atoms with Crippen LogP contribution in [0.15, 0.2) is 18.3 Å². The summed E-state index contributed by atoms with van der Waals surface area (Å²) in [5, 5.41) is 12.5. The van der Waals surface area contributed by atoms with E-state index in [2.05, 4.69) is 30.2 Å². The summed E-state index contributed by atoms with van der Waals surface area (Å²) in [6, 6.07) is 4.07. The van der Waals surface area contributed by atoms with Crippen molar-refractivity contribution in [2.24, 2.45) is 5.92 Å². The molecule has 0 spiro atoms. The Morgan fingerprint density at radius 2 is 2.15 bits per heavy atom. The van der Waals surface area contributed by atoms with Crippen LogP contribution in [0.25, 0.3) is 0 Å². The smallest absolute Gasteiger partial charge is 0.128 e. The van der Waals surface area contributed by atoms with E-state index < -0.39 is 0 Å². The van der Waals surface area contributed by atoms with Crippen LogP contribution >= 0.6 is 0 Å². The molecule has 1 aromatic rings. The van der Waals surface area contributed by atoms with Gasteiger partial charge in [0, 0.05) is 32.9 Å². The highest BCUT2D eigenvalue weighted by Crippen LogP contribution is 2.11. The number of hydrogen-bond acceptors (Lipinski definition) is 5. The summed E-state index contributed by atoms with van der Waals surface area (Å²) in [5.41, 5.74) is 1.17. The molecule has 0 fully saturated rings. The second-order valence-corrected chi connectivity index (χ2v) is 5.25. The molecule has 0 atom stereocenters. The maximum atomic E-state index is 9.10. The molecule has 0 radical (unpaired) electrons. The number of pyridine rings is 1. The monoisotopic (exact) mass is 281 g/mol. The third kappa shape index (κ3) is 6.32. The number of hydrogen-bond donors (Lipinski definition) is 2. The second-order valence-electron chi connectivity index (χ2n) is 5.25. The van der Waals surface area contributed by atoms with Crippen LogP contribution < -0.4 is 10.2 Å². The molecule has 114 valence electrons. The van der Waals surface area contributed by atoms with Crippen LogP contribution in [0.3, 0.4) is 0 Å². The fraction of sp³-hybridized carbons (Fsp3) is 0.667. The first kappa shape index (κ1) is 16.9. The Hall–Kier alpha value is -1.17. The quantitative estimate of drug-likeness (QED) is 0.676. The van der Waals surface area contributed by atoms with E-state index in [1.54, 1.807) is 7.11 Å². The highest BCUT2D eigenvalue weighted by molar-refractivity contribution is 5.39. The van der Waals surface area contributed by atoms with Crippen LogP contribution in [0.5, 0.6) is 0 Å². The summed E-state index contributed by atoms with van der Waals surface area (Å²) in [6.45, 7) is 8.27. The summed E-state index contributed by atoms with van der Waals surface area (Å²) < 4.78 is 5.08. The van der Waals surface area contributed by atoms with Crippen molar-refractivity contribution in [2.75, 3.05) is 44.9 Å². The first-order valence-electron chi connectivity index (χ1n) is 7.17. The zero-order valence-corrected chi connectivity index (χ0v) is 12.8. The molecule has 0 saturated carbocycles. The Morgan fingerprint density at radius 1 is 1.35 bits per heavy atom. The van der Waals surface area contributed by atoms with Crippen molar-refractivity contribution >= 4 is 5.82 Å². The number of methoxy groups -OCH3 is 1. The number of nitrogens with zero attached hydrogens (tertiary/aromatic N) is 2. The van der Waals surface area contributed by atoms with Crippen molar-refractivity contribution in [3.05, 3.63) is 23.9 Å². The van der Waals surface area contributed by atoms with E-state index in [1.165, 1.54) is 5.56 Å². The molecule has 1 heterocycles. The summed E-state index contributed by atoms with van der Waals surface area (Å²) in [5.74, 6) is 1.53. The van der Waals surface area contributed by atoms with E-state index in [9.17, 15) is 0 Å². The average Bonchev–Trinajstić information content (AvgIpc) is 2.44. The van der Waals surface area contributed by atoms with Crippen molar-refractivity contribution in [1.29, 1.82) is 0 Å². The van der Waals surface area contributed by atoms with E-state index in [1.807, 2.05) is 17.2 Å². The van der Waals surface area contributed by atoms with Crippen LogP contribution in [-0.4, -0.2) is 50.0 Å². The Labute approximate surface area is 122 Å². The third-order valence-electron chi connectivity index (χ3n) is 2.95. The Balaban J connectivity index is 2.53. The number of ether oxygens (including phenoxy) is 1. The molecule has 1 aromatic heterocycles. The van der Waals surface area contributed by atoms with Gasteiger partial charge in [0.2, 0.25) is 0 Å². The fourth-order valence-electron chi connectivity index (χ4n) is 1.88. The Morgan fingerprint density at radius 3 is 2.70 bits per heavy atom. The lowest BCUT2D eigenvalue weighted by molar-refractivity contribution is 0.202. The van der Waals surface area contributed by atoms with Crippen LogP contribution in [0.4, 0.5) is 5.82 Å². The lowest BCUT2D eigenvalue weighted by atomic mass is 10.2. The number of anilines is 1. The highest BCUT2D eigenvalue weighted by atomic mass is 16.5. The van der Waals surface area contributed by atoms with Crippen LogP contribution in [0, 0.1) is 5.92 Å². The van der Waals surface area contributed by atoms with E-state index in [-0.39, 0.29) is 6.61 Å². The van der Waals surface area contributed by atoms with E-state index in [0.717, 1.165) is 25.5 Å². The van der Waals surface area contributed by atoms with Gasteiger partial charge in [-0.05, 0) is 24.1 Å². The molecule has 1 rings (SSSR count). The highest BCUT2D eigenvalue weighted by Gasteiger charge is 2.07. The number of nitrogens with one attached hydrogen (secondary N) is 1. The minimum atomic E-state index is 0.114. The average molecular weight is 281 g/mol. The van der Waals surface area contributed by atoms with E-state index in [4.69, 9.17) is 9.84 Å². The lowest BCUT2D eigenvalue weighted by Gasteiger charge is -2.22. The minimum absolute atomic E-state index is 0.114. The molecule has 5 heteroatoms. The Kier molecular flexibility index (Phi) is 8.18. The van der Waals surface area contributed by atoms with Gasteiger partial charge < -0.3 is 20.1 Å². The van der Waals surface area contributed by atoms with Crippen molar-refractivity contribution in [3.8, 4) is 0 Å². The molecule has 0 amide bonds. The maximum absolute atomic E-state index is 9.10. The number of aromatic nitrogens is 1. The zero-order chi connectivity index (χ0) is 14.8. The van der Waals surface area contributed by atoms with Crippen LogP contribution in [-0.2, 0) is 11.3 Å². The van der Waals surface area contributed by atoms with Crippen molar-refractivity contribution in [2.45, 2.75) is 20.4 Å². The van der Waals surface area contributed by atoms with Gasteiger partial charge in [0.1, 0.15) is 5.82 Å². The van der Waals surface area contributed by atoms with Gasteiger partial charge in [0.15, 0.2) is 0 Å². The topological polar surface area (TPSA) is 57.6 Å². The molecule has 0 aliphatic rings. The van der Waals surface area contributed by atoms with E-state index >= 15 is 0 Å². The number of rotatable bonds is 10. The standard InChI is InChI=1S/C15H27N3O2/c1-13(2)10-16-11-14-4-5-15(17-12-14)18(6-8-19)7-9-20-3/h4-5,12-13,16,19H,6-11H2,1-3H3. The normalized spacial score (nSPS) is 11.1. The van der Waals surface area contributed by atoms with Gasteiger partial charge in [-0.3, -0.25) is 0 Å². The molecule has 2 N–H and O–H groups in total. The van der Waals surface area contributed by atoms with Gasteiger partial charge in [-0.2, -0.15) is 0 Å². The molecule has 20 heavy (non-hydrogen) atoms. The number of aliphatic hydroxyl groups excluding tert-OH is 1. The van der Waals surface area contributed by atoms with Gasteiger partial charge >= 0.3 is 0 Å². The summed E-state index contributed by atoms with van der Waals surface area (Å²) in [7, 11) is 1.67. The largest absolute Gasteiger partial charge is 0.395 e. The molecular formula is C15H27N3O2. The summed E-state index contributed by atoms with van der Waals surface area (Å²) in [6.07, 6.45) is 1.89. The van der Waals surface area contributed by atoms with Gasteiger partial charge in [0.25, 0.3) is 0 Å².